The van der Waals surface area contributed by atoms with Crippen LogP contribution >= 0.6 is 11.3 Å². The highest BCUT2D eigenvalue weighted by molar-refractivity contribution is 7.85. The molecule has 2 atom stereocenters. The summed E-state index contributed by atoms with van der Waals surface area (Å²) in [6.45, 7) is 3.66. The van der Waals surface area contributed by atoms with Gasteiger partial charge in [-0.2, -0.15) is 17.2 Å². The van der Waals surface area contributed by atoms with Crippen molar-refractivity contribution in [1.82, 2.24) is 9.88 Å². The molecule has 1 saturated heterocycles. The minimum absolute atomic E-state index is 0.109. The van der Waals surface area contributed by atoms with Gasteiger partial charge in [-0.3, -0.25) is 4.99 Å². The summed E-state index contributed by atoms with van der Waals surface area (Å²) in [5.74, 6) is -4.71. The van der Waals surface area contributed by atoms with E-state index >= 15 is 0 Å². The van der Waals surface area contributed by atoms with Crippen molar-refractivity contribution in [1.29, 1.82) is 0 Å². The topological polar surface area (TPSA) is 103 Å². The molecule has 13 heteroatoms. The van der Waals surface area contributed by atoms with Crippen LogP contribution in [0.3, 0.4) is 0 Å². The fraction of sp³-hybridized carbons (Fsp3) is 0.364. The van der Waals surface area contributed by atoms with E-state index in [1.54, 1.807) is 36.4 Å². The Labute approximate surface area is 203 Å². The van der Waals surface area contributed by atoms with Crippen LogP contribution in [-0.4, -0.2) is 55.2 Å². The Bertz CT molecular complexity index is 1320. The SMILES string of the molecule is CCOC(=O)C1=C2CC(/C=[NH+]/S(=O)(=O)C(F)F)CN2C(c2nccs2)=N[C@H]1c1ccc(F)cc1C. The van der Waals surface area contributed by atoms with E-state index < -0.39 is 39.5 Å². The molecule has 1 N–H and O–H groups in total. The lowest BCUT2D eigenvalue weighted by Gasteiger charge is -2.32. The molecule has 2 aliphatic heterocycles. The molecule has 35 heavy (non-hydrogen) atoms. The monoisotopic (exact) mass is 527 g/mol. The van der Waals surface area contributed by atoms with Gasteiger partial charge in [0, 0.05) is 30.2 Å². The highest BCUT2D eigenvalue weighted by Gasteiger charge is 2.43. The average Bonchev–Trinajstić information content (AvgIpc) is 3.47. The van der Waals surface area contributed by atoms with Crippen LogP contribution in [-0.2, 0) is 19.6 Å². The number of hydrogen-bond acceptors (Lipinski definition) is 8. The molecule has 2 aliphatic rings. The number of hydrogen-bond donors (Lipinski definition) is 1. The number of ether oxygens (including phenoxy) is 1. The van der Waals surface area contributed by atoms with Gasteiger partial charge in [0.15, 0.2) is 17.1 Å². The van der Waals surface area contributed by atoms with Crippen molar-refractivity contribution in [2.75, 3.05) is 13.2 Å². The van der Waals surface area contributed by atoms with Crippen molar-refractivity contribution in [2.45, 2.75) is 32.1 Å². The fourth-order valence-electron chi connectivity index (χ4n) is 4.12. The minimum atomic E-state index is -4.82. The first kappa shape index (κ1) is 25.0. The highest BCUT2D eigenvalue weighted by atomic mass is 32.2. The normalized spacial score (nSPS) is 20.5. The highest BCUT2D eigenvalue weighted by Crippen LogP contribution is 2.42. The van der Waals surface area contributed by atoms with E-state index in [2.05, 4.69) is 4.98 Å². The van der Waals surface area contributed by atoms with Gasteiger partial charge in [0.05, 0.1) is 18.1 Å². The number of aryl methyl sites for hydroxylation is 1. The molecule has 8 nitrogen and oxygen atoms in total. The molecule has 1 fully saturated rings. The Balaban J connectivity index is 1.85. The van der Waals surface area contributed by atoms with E-state index in [9.17, 15) is 26.4 Å². The second-order valence-corrected chi connectivity index (χ2v) is 10.5. The van der Waals surface area contributed by atoms with Gasteiger partial charge in [0.2, 0.25) is 0 Å². The van der Waals surface area contributed by atoms with E-state index in [1.807, 2.05) is 4.40 Å². The van der Waals surface area contributed by atoms with Crippen molar-refractivity contribution in [2.24, 2.45) is 10.9 Å². The number of alkyl halides is 2. The van der Waals surface area contributed by atoms with Crippen molar-refractivity contribution in [3.8, 4) is 0 Å². The number of aliphatic imine (C=N–C) groups is 1. The maximum atomic E-state index is 13.8. The molecule has 0 amide bonds. The van der Waals surface area contributed by atoms with Crippen LogP contribution in [0.2, 0.25) is 0 Å². The molecule has 4 rings (SSSR count). The van der Waals surface area contributed by atoms with Crippen molar-refractivity contribution >= 4 is 39.4 Å². The molecule has 1 aromatic carbocycles. The van der Waals surface area contributed by atoms with E-state index in [1.165, 1.54) is 23.5 Å². The maximum absolute atomic E-state index is 13.8. The van der Waals surface area contributed by atoms with Gasteiger partial charge >= 0.3 is 21.8 Å². The number of rotatable bonds is 7. The van der Waals surface area contributed by atoms with E-state index in [0.29, 0.717) is 27.7 Å². The Hall–Kier alpha value is -3.06. The van der Waals surface area contributed by atoms with Gasteiger partial charge < -0.3 is 9.64 Å². The molecule has 2 aromatic rings. The Kier molecular flexibility index (Phi) is 7.08. The number of carbonyl (C=O) groups excluding carboxylic acids is 1. The minimum Gasteiger partial charge on any atom is -0.463 e. The smallest absolute Gasteiger partial charge is 0.425 e. The van der Waals surface area contributed by atoms with Gasteiger partial charge in [0.1, 0.15) is 11.9 Å². The number of benzene rings is 1. The predicted octanol–water partition coefficient (Wildman–Crippen LogP) is 1.94. The lowest BCUT2D eigenvalue weighted by Crippen LogP contribution is -2.75. The molecule has 1 unspecified atom stereocenters. The maximum Gasteiger partial charge on any atom is 0.425 e. The number of nitrogens with zero attached hydrogens (tertiary/aromatic N) is 3. The summed E-state index contributed by atoms with van der Waals surface area (Å²) in [7, 11) is -4.82. The molecule has 0 saturated carbocycles. The number of allylic oxidation sites excluding steroid dienone is 1. The Morgan fingerprint density at radius 3 is 2.80 bits per heavy atom. The van der Waals surface area contributed by atoms with Gasteiger partial charge in [-0.25, -0.2) is 14.2 Å². The molecule has 0 radical (unpaired) electrons. The first-order valence-electron chi connectivity index (χ1n) is 10.7. The zero-order valence-electron chi connectivity index (χ0n) is 18.7. The summed E-state index contributed by atoms with van der Waals surface area (Å²) in [6, 6.07) is 3.36. The summed E-state index contributed by atoms with van der Waals surface area (Å²) in [6.07, 6.45) is 2.86. The zero-order valence-corrected chi connectivity index (χ0v) is 20.4. The standard InChI is InChI=1S/C22H21F3N4O4S2/c1-3-33-21(30)17-16-9-13(10-27-35(31,32)22(24)25)11-29(16)19(20-26-6-7-34-20)28-18(17)15-5-4-14(23)8-12(15)2/h4-8,10,13,18,22H,3,9,11H2,1-2H3/p+1/b27-10+/t13?,18-/m0/s1. The van der Waals surface area contributed by atoms with Gasteiger partial charge in [-0.05, 0) is 37.1 Å². The lowest BCUT2D eigenvalue weighted by atomic mass is 9.91. The van der Waals surface area contributed by atoms with Crippen LogP contribution in [0.25, 0.3) is 0 Å². The second-order valence-electron chi connectivity index (χ2n) is 7.94. The Morgan fingerprint density at radius 2 is 2.17 bits per heavy atom. The number of sulfonamides is 1. The number of aromatic nitrogens is 1. The number of thiazole rings is 1. The van der Waals surface area contributed by atoms with Crippen LogP contribution in [0.4, 0.5) is 13.2 Å². The largest absolute Gasteiger partial charge is 0.463 e. The zero-order chi connectivity index (χ0) is 25.3. The number of carbonyl (C=O) groups is 1. The molecule has 3 heterocycles. The van der Waals surface area contributed by atoms with Crippen molar-refractivity contribution < 1.29 is 35.5 Å². The van der Waals surface area contributed by atoms with E-state index in [-0.39, 0.29) is 25.1 Å². The summed E-state index contributed by atoms with van der Waals surface area (Å²) < 4.78 is 69.6. The third-order valence-electron chi connectivity index (χ3n) is 5.64. The predicted molar refractivity (Wildman–Crippen MR) is 123 cm³/mol. The summed E-state index contributed by atoms with van der Waals surface area (Å²) in [4.78, 5) is 24.0. The quantitative estimate of drug-likeness (QED) is 0.436. The average molecular weight is 528 g/mol. The molecule has 0 aliphatic carbocycles. The lowest BCUT2D eigenvalue weighted by molar-refractivity contribution is -0.270. The molecule has 186 valence electrons. The van der Waals surface area contributed by atoms with Gasteiger partial charge in [-0.1, -0.05) is 6.07 Å². The van der Waals surface area contributed by atoms with Crippen molar-refractivity contribution in [3.05, 3.63) is 63.0 Å². The van der Waals surface area contributed by atoms with E-state index in [4.69, 9.17) is 9.73 Å². The number of halogens is 3. The summed E-state index contributed by atoms with van der Waals surface area (Å²) in [5.41, 5.74) is 1.93. The van der Waals surface area contributed by atoms with Gasteiger partial charge in [-0.15, -0.1) is 15.7 Å². The van der Waals surface area contributed by atoms with Gasteiger partial charge in [0.25, 0.3) is 0 Å². The second kappa shape index (κ2) is 9.90. The number of esters is 1. The molecule has 0 spiro atoms. The summed E-state index contributed by atoms with van der Waals surface area (Å²) >= 11 is 1.32. The van der Waals surface area contributed by atoms with Crippen LogP contribution in [0, 0.1) is 18.7 Å². The van der Waals surface area contributed by atoms with Crippen molar-refractivity contribution in [3.63, 3.8) is 0 Å². The fourth-order valence-corrected chi connectivity index (χ4v) is 5.25. The first-order valence-corrected chi connectivity index (χ1v) is 13.1. The number of amidine groups is 1. The van der Waals surface area contributed by atoms with Crippen LogP contribution in [0.1, 0.15) is 35.5 Å². The molecule has 0 bridgehead atoms. The van der Waals surface area contributed by atoms with E-state index in [0.717, 1.165) is 6.21 Å². The van der Waals surface area contributed by atoms with Crippen LogP contribution in [0.5, 0.6) is 0 Å². The van der Waals surface area contributed by atoms with Crippen LogP contribution < -0.4 is 4.40 Å². The number of fused-ring (bicyclic) bond motifs is 1. The summed E-state index contributed by atoms with van der Waals surface area (Å²) in [5, 5.41) is 2.32. The molecular weight excluding hydrogens is 505 g/mol. The van der Waals surface area contributed by atoms with Crippen LogP contribution in [0.15, 0.2) is 46.0 Å². The third-order valence-corrected chi connectivity index (χ3v) is 7.34. The Morgan fingerprint density at radius 1 is 1.40 bits per heavy atom. The molecular formula is C22H22F3N4O4S2+. The third kappa shape index (κ3) is 5.01. The first-order chi connectivity index (χ1) is 16.6. The number of nitrogens with one attached hydrogen (secondary N) is 1. The molecule has 1 aromatic heterocycles.